The van der Waals surface area contributed by atoms with Crippen LogP contribution in [0.25, 0.3) is 66.4 Å². The molecule has 0 saturated carbocycles. The van der Waals surface area contributed by atoms with Crippen LogP contribution in [0.15, 0.2) is 118 Å². The van der Waals surface area contributed by atoms with Gasteiger partial charge in [0, 0.05) is 43.3 Å². The number of pyridine rings is 2. The van der Waals surface area contributed by atoms with Crippen molar-refractivity contribution in [1.82, 2.24) is 9.97 Å². The first kappa shape index (κ1) is 31.6. The monoisotopic (exact) mass is 795 g/mol. The molecule has 0 N–H and O–H groups in total. The van der Waals surface area contributed by atoms with E-state index in [9.17, 15) is 0 Å². The second kappa shape index (κ2) is 12.8. The molecule has 0 aliphatic rings. The molecule has 1 radical (unpaired) electrons. The second-order valence-corrected chi connectivity index (χ2v) is 17.8. The van der Waals surface area contributed by atoms with Gasteiger partial charge in [0.25, 0.3) is 0 Å². The molecule has 4 aromatic carbocycles. The minimum absolute atomic E-state index is 0. The molecule has 0 atom stereocenters. The zero-order chi connectivity index (χ0) is 31.1. The summed E-state index contributed by atoms with van der Waals surface area (Å²) in [6, 6.07) is 39.2. The molecule has 0 fully saturated rings. The average Bonchev–Trinajstić information content (AvgIpc) is 3.63. The summed E-state index contributed by atoms with van der Waals surface area (Å²) < 4.78 is 12.5. The summed E-state index contributed by atoms with van der Waals surface area (Å²) in [4.78, 5) is 9.12. The first-order valence-corrected chi connectivity index (χ1v) is 18.8. The van der Waals surface area contributed by atoms with Crippen molar-refractivity contribution >= 4 is 57.1 Å². The summed E-state index contributed by atoms with van der Waals surface area (Å²) in [6.07, 6.45) is 3.88. The number of hydrogen-bond acceptors (Lipinski definition) is 4. The first-order chi connectivity index (χ1) is 21.8. The topological polar surface area (TPSA) is 52.1 Å². The fourth-order valence-electron chi connectivity index (χ4n) is 5.69. The Balaban J connectivity index is 0.000000187. The molecule has 6 heteroatoms. The van der Waals surface area contributed by atoms with Gasteiger partial charge in [-0.3, -0.25) is 0 Å². The molecule has 231 valence electrons. The Labute approximate surface area is 283 Å². The van der Waals surface area contributed by atoms with Crippen LogP contribution in [0.3, 0.4) is 0 Å². The van der Waals surface area contributed by atoms with Crippen LogP contribution in [0.1, 0.15) is 25.3 Å². The number of fused-ring (bicyclic) bond motifs is 7. The number of hydrogen-bond donors (Lipinski definition) is 0. The quantitative estimate of drug-likeness (QED) is 0.132. The maximum atomic E-state index is 6.49. The SMILES string of the molecule is CC(C)c1ccnc(-c2[c-]ccc3c2oc2c3ccc3oc4ccccc4c32)c1.C[Si](C)(C)c1ccc(-c2[c-]cccc2)nc1.[Ir]. The van der Waals surface area contributed by atoms with Crippen LogP contribution in [0, 0.1) is 12.1 Å². The van der Waals surface area contributed by atoms with Crippen molar-refractivity contribution in [1.29, 1.82) is 0 Å². The molecule has 0 amide bonds. The van der Waals surface area contributed by atoms with E-state index in [1.165, 1.54) is 10.8 Å². The van der Waals surface area contributed by atoms with E-state index in [0.717, 1.165) is 66.4 Å². The van der Waals surface area contributed by atoms with Crippen molar-refractivity contribution in [2.24, 2.45) is 0 Å². The molecule has 0 unspecified atom stereocenters. The van der Waals surface area contributed by atoms with E-state index in [1.54, 1.807) is 0 Å². The predicted octanol–water partition coefficient (Wildman–Crippen LogP) is 10.6. The second-order valence-electron chi connectivity index (χ2n) is 12.7. The van der Waals surface area contributed by atoms with Gasteiger partial charge in [0.05, 0.1) is 19.0 Å². The predicted molar refractivity (Wildman–Crippen MR) is 189 cm³/mol. The smallest absolute Gasteiger partial charge is 0.139 e. The van der Waals surface area contributed by atoms with Crippen LogP contribution < -0.4 is 5.19 Å². The summed E-state index contributed by atoms with van der Waals surface area (Å²) in [5, 5.41) is 5.63. The van der Waals surface area contributed by atoms with Crippen molar-refractivity contribution in [3.05, 3.63) is 127 Å². The standard InChI is InChI=1S/C26H18NO2.C14H16NSi.Ir/c1-15(2)16-12-13-27-21(14-16)19-8-5-7-17-18-10-11-23-24(26(18)29-25(17)19)20-6-3-4-9-22(20)28-23;1-16(2,3)13-9-10-14(15-11-13)12-7-5-4-6-8-12;/h3-7,9-15H,1-2H3;4-7,9-11H,1-3H3;/q2*-1;. The molecule has 4 heterocycles. The number of rotatable bonds is 4. The van der Waals surface area contributed by atoms with Crippen molar-refractivity contribution in [2.75, 3.05) is 0 Å². The summed E-state index contributed by atoms with van der Waals surface area (Å²) in [5.74, 6) is 0.434. The van der Waals surface area contributed by atoms with Crippen molar-refractivity contribution in [3.63, 3.8) is 0 Å². The van der Waals surface area contributed by atoms with Gasteiger partial charge in [-0.05, 0) is 46.8 Å². The van der Waals surface area contributed by atoms with Crippen molar-refractivity contribution < 1.29 is 28.9 Å². The van der Waals surface area contributed by atoms with Crippen molar-refractivity contribution in [3.8, 4) is 22.5 Å². The number of benzene rings is 4. The molecule has 4 nitrogen and oxygen atoms in total. The molecule has 8 rings (SSSR count). The van der Waals surface area contributed by atoms with Gasteiger partial charge in [-0.1, -0.05) is 86.4 Å². The van der Waals surface area contributed by atoms with Crippen LogP contribution in [0.4, 0.5) is 0 Å². The summed E-state index contributed by atoms with van der Waals surface area (Å²) >= 11 is 0. The Bertz CT molecular complexity index is 2280. The van der Waals surface area contributed by atoms with Crippen LogP contribution in [-0.4, -0.2) is 18.0 Å². The average molecular weight is 795 g/mol. The molecule has 0 aliphatic heterocycles. The van der Waals surface area contributed by atoms with Gasteiger partial charge in [0.2, 0.25) is 0 Å². The first-order valence-electron chi connectivity index (χ1n) is 15.3. The Kier molecular flexibility index (Phi) is 8.80. The normalized spacial score (nSPS) is 11.6. The minimum atomic E-state index is -1.23. The fourth-order valence-corrected chi connectivity index (χ4v) is 6.73. The molecule has 0 aliphatic carbocycles. The van der Waals surface area contributed by atoms with Crippen LogP contribution >= 0.6 is 0 Å². The van der Waals surface area contributed by atoms with Gasteiger partial charge in [0.15, 0.2) is 0 Å². The number of nitrogens with zero attached hydrogens (tertiary/aromatic N) is 2. The van der Waals surface area contributed by atoms with E-state index in [2.05, 4.69) is 98.1 Å². The zero-order valence-corrected chi connectivity index (χ0v) is 29.9. The van der Waals surface area contributed by atoms with Crippen LogP contribution in [-0.2, 0) is 20.1 Å². The van der Waals surface area contributed by atoms with E-state index in [0.29, 0.717) is 5.92 Å². The Hall–Kier alpha value is -4.35. The molecule has 8 aromatic rings. The van der Waals surface area contributed by atoms with Crippen molar-refractivity contribution in [2.45, 2.75) is 39.4 Å². The number of para-hydroxylation sites is 1. The summed E-state index contributed by atoms with van der Waals surface area (Å²) in [5.41, 5.74) is 8.46. The molecule has 0 spiro atoms. The van der Waals surface area contributed by atoms with E-state index >= 15 is 0 Å². The van der Waals surface area contributed by atoms with Gasteiger partial charge >= 0.3 is 0 Å². The van der Waals surface area contributed by atoms with E-state index in [4.69, 9.17) is 8.83 Å². The van der Waals surface area contributed by atoms with E-state index < -0.39 is 8.07 Å². The van der Waals surface area contributed by atoms with Gasteiger partial charge in [-0.2, -0.15) is 0 Å². The minimum Gasteiger partial charge on any atom is -0.500 e. The third-order valence-electron chi connectivity index (χ3n) is 8.26. The van der Waals surface area contributed by atoms with Gasteiger partial charge in [0.1, 0.15) is 16.7 Å². The van der Waals surface area contributed by atoms with Crippen LogP contribution in [0.5, 0.6) is 0 Å². The van der Waals surface area contributed by atoms with E-state index in [-0.39, 0.29) is 20.1 Å². The van der Waals surface area contributed by atoms with Gasteiger partial charge in [-0.25, -0.2) is 0 Å². The largest absolute Gasteiger partial charge is 0.500 e. The molecule has 46 heavy (non-hydrogen) atoms. The van der Waals surface area contributed by atoms with Gasteiger partial charge in [-0.15, -0.1) is 54.1 Å². The Morgan fingerprint density at radius 1 is 0.674 bits per heavy atom. The van der Waals surface area contributed by atoms with Crippen LogP contribution in [0.2, 0.25) is 19.6 Å². The molecule has 0 saturated heterocycles. The Morgan fingerprint density at radius 3 is 2.22 bits per heavy atom. The molecule has 0 bridgehead atoms. The summed E-state index contributed by atoms with van der Waals surface area (Å²) in [7, 11) is -1.23. The Morgan fingerprint density at radius 2 is 1.48 bits per heavy atom. The zero-order valence-electron chi connectivity index (χ0n) is 26.5. The molecule has 4 aromatic heterocycles. The molecular formula is C40H34IrN2O2Si-2. The van der Waals surface area contributed by atoms with Gasteiger partial charge < -0.3 is 18.8 Å². The third-order valence-corrected chi connectivity index (χ3v) is 10.3. The van der Waals surface area contributed by atoms with E-state index in [1.807, 2.05) is 67.0 Å². The number of furan rings is 2. The maximum absolute atomic E-state index is 6.49. The molecular weight excluding hydrogens is 761 g/mol. The fraction of sp³-hybridized carbons (Fsp3) is 0.150. The number of aromatic nitrogens is 2. The summed E-state index contributed by atoms with van der Waals surface area (Å²) in [6.45, 7) is 11.4. The third kappa shape index (κ3) is 5.96. The maximum Gasteiger partial charge on any atom is 0.139 e.